The second-order valence-corrected chi connectivity index (χ2v) is 2.77. The first-order chi connectivity index (χ1) is 5.29. The monoisotopic (exact) mass is 180 g/mol. The van der Waals surface area contributed by atoms with E-state index in [2.05, 4.69) is 10.6 Å². The maximum atomic E-state index is 10.1. The summed E-state index contributed by atoms with van der Waals surface area (Å²) >= 11 is 0. The summed E-state index contributed by atoms with van der Waals surface area (Å²) in [5, 5.41) is 16.5. The fourth-order valence-electron chi connectivity index (χ4n) is 1.21. The average molecular weight is 180 g/mol. The van der Waals surface area contributed by atoms with Crippen molar-refractivity contribution in [2.75, 3.05) is 19.6 Å². The zero-order chi connectivity index (χ0) is 8.10. The third-order valence-electron chi connectivity index (χ3n) is 1.82. The number of hydrogen-bond donors (Lipinski definition) is 2. The summed E-state index contributed by atoms with van der Waals surface area (Å²) in [6.07, 6.45) is 0.814. The Morgan fingerprint density at radius 3 is 2.75 bits per heavy atom. The average Bonchev–Trinajstić information content (AvgIpc) is 2.03. The van der Waals surface area contributed by atoms with Gasteiger partial charge >= 0.3 is 29.6 Å². The van der Waals surface area contributed by atoms with E-state index in [-0.39, 0.29) is 36.0 Å². The summed E-state index contributed by atoms with van der Waals surface area (Å²) in [4.78, 5) is 10.1. The molecule has 1 atom stereocenters. The van der Waals surface area contributed by atoms with Crippen LogP contribution < -0.4 is 45.3 Å². The molecular formula is C7H13N2NaO2. The Bertz CT molecular complexity index is 137. The Kier molecular flexibility index (Phi) is 7.08. The van der Waals surface area contributed by atoms with E-state index in [1.807, 2.05) is 0 Å². The molecule has 1 saturated heterocycles. The van der Waals surface area contributed by atoms with Gasteiger partial charge in [-0.3, -0.25) is 0 Å². The minimum atomic E-state index is -0.961. The summed E-state index contributed by atoms with van der Waals surface area (Å²) in [5.74, 6) is -0.961. The number of carboxylic acid groups (broad SMARTS) is 1. The number of carbonyl (C=O) groups is 1. The summed E-state index contributed by atoms with van der Waals surface area (Å²) in [6, 6.07) is 0.307. The van der Waals surface area contributed by atoms with Crippen LogP contribution in [-0.2, 0) is 4.79 Å². The fourth-order valence-corrected chi connectivity index (χ4v) is 1.21. The van der Waals surface area contributed by atoms with Crippen LogP contribution in [0.25, 0.3) is 0 Å². The topological polar surface area (TPSA) is 64.2 Å². The van der Waals surface area contributed by atoms with E-state index >= 15 is 0 Å². The van der Waals surface area contributed by atoms with Crippen LogP contribution in [-0.4, -0.2) is 31.6 Å². The summed E-state index contributed by atoms with van der Waals surface area (Å²) in [5.41, 5.74) is 0. The molecule has 0 aromatic carbocycles. The first kappa shape index (κ1) is 12.4. The Balaban J connectivity index is 0.00000121. The quantitative estimate of drug-likeness (QED) is 0.427. The first-order valence-electron chi connectivity index (χ1n) is 3.93. The van der Waals surface area contributed by atoms with Crippen LogP contribution in [0.3, 0.4) is 0 Å². The van der Waals surface area contributed by atoms with E-state index in [1.54, 1.807) is 0 Å². The van der Waals surface area contributed by atoms with E-state index in [0.717, 1.165) is 19.6 Å². The molecular weight excluding hydrogens is 167 g/mol. The molecule has 0 amide bonds. The molecule has 0 aromatic heterocycles. The van der Waals surface area contributed by atoms with E-state index < -0.39 is 5.97 Å². The molecule has 0 bridgehead atoms. The zero-order valence-electron chi connectivity index (χ0n) is 7.43. The van der Waals surface area contributed by atoms with Crippen molar-refractivity contribution < 1.29 is 39.5 Å². The smallest absolute Gasteiger partial charge is 0.550 e. The molecule has 5 heteroatoms. The van der Waals surface area contributed by atoms with Crippen molar-refractivity contribution in [2.45, 2.75) is 18.9 Å². The standard InChI is InChI=1S/C7H14N2O2.Na/c10-7(11)2-1-6-5-8-3-4-9-6;/h6,8-9H,1-5H2,(H,10,11);/q;+1/p-1. The summed E-state index contributed by atoms with van der Waals surface area (Å²) in [7, 11) is 0. The first-order valence-corrected chi connectivity index (χ1v) is 3.93. The normalized spacial score (nSPS) is 22.8. The van der Waals surface area contributed by atoms with Gasteiger partial charge in [-0.05, 0) is 12.8 Å². The Morgan fingerprint density at radius 1 is 1.50 bits per heavy atom. The van der Waals surface area contributed by atoms with Gasteiger partial charge in [-0.15, -0.1) is 0 Å². The van der Waals surface area contributed by atoms with Crippen LogP contribution in [0.5, 0.6) is 0 Å². The van der Waals surface area contributed by atoms with Crippen LogP contribution >= 0.6 is 0 Å². The third-order valence-corrected chi connectivity index (χ3v) is 1.82. The number of aliphatic carboxylic acids is 1. The van der Waals surface area contributed by atoms with Crippen molar-refractivity contribution in [1.82, 2.24) is 10.6 Å². The number of rotatable bonds is 3. The van der Waals surface area contributed by atoms with Gasteiger partial charge in [0.25, 0.3) is 0 Å². The molecule has 2 N–H and O–H groups in total. The van der Waals surface area contributed by atoms with E-state index in [1.165, 1.54) is 0 Å². The van der Waals surface area contributed by atoms with Crippen molar-refractivity contribution >= 4 is 5.97 Å². The molecule has 1 aliphatic rings. The van der Waals surface area contributed by atoms with Crippen LogP contribution in [0.2, 0.25) is 0 Å². The molecule has 0 spiro atoms. The second kappa shape index (κ2) is 6.86. The minimum absolute atomic E-state index is 0. The molecule has 12 heavy (non-hydrogen) atoms. The van der Waals surface area contributed by atoms with E-state index in [4.69, 9.17) is 0 Å². The number of carboxylic acids is 1. The fraction of sp³-hybridized carbons (Fsp3) is 0.857. The van der Waals surface area contributed by atoms with Crippen molar-refractivity contribution in [2.24, 2.45) is 0 Å². The Hall–Kier alpha value is 0.390. The van der Waals surface area contributed by atoms with Crippen LogP contribution in [0, 0.1) is 0 Å². The number of piperazine rings is 1. The van der Waals surface area contributed by atoms with Gasteiger partial charge in [0.2, 0.25) is 0 Å². The van der Waals surface area contributed by atoms with Gasteiger partial charge in [-0.2, -0.15) is 0 Å². The molecule has 4 nitrogen and oxygen atoms in total. The predicted molar refractivity (Wildman–Crippen MR) is 38.9 cm³/mol. The van der Waals surface area contributed by atoms with Crippen molar-refractivity contribution in [1.29, 1.82) is 0 Å². The number of nitrogens with one attached hydrogen (secondary N) is 2. The maximum absolute atomic E-state index is 10.1. The molecule has 0 saturated carbocycles. The Labute approximate surface area is 94.4 Å². The molecule has 1 unspecified atom stereocenters. The third kappa shape index (κ3) is 5.11. The van der Waals surface area contributed by atoms with Gasteiger partial charge in [-0.25, -0.2) is 0 Å². The second-order valence-electron chi connectivity index (χ2n) is 2.77. The number of hydrogen-bond acceptors (Lipinski definition) is 4. The number of carbonyl (C=O) groups excluding carboxylic acids is 1. The SMILES string of the molecule is O=C([O-])CCC1CNCCN1.[Na+]. The summed E-state index contributed by atoms with van der Waals surface area (Å²) in [6.45, 7) is 2.77. The predicted octanol–water partition coefficient (Wildman–Crippen LogP) is -4.92. The molecule has 0 radical (unpaired) electrons. The largest absolute Gasteiger partial charge is 1.00 e. The van der Waals surface area contributed by atoms with E-state index in [9.17, 15) is 9.90 Å². The molecule has 64 valence electrons. The van der Waals surface area contributed by atoms with Crippen LogP contribution in [0.15, 0.2) is 0 Å². The van der Waals surface area contributed by atoms with E-state index in [0.29, 0.717) is 12.5 Å². The van der Waals surface area contributed by atoms with Crippen LogP contribution in [0.1, 0.15) is 12.8 Å². The molecule has 0 aromatic rings. The van der Waals surface area contributed by atoms with Crippen LogP contribution in [0.4, 0.5) is 0 Å². The van der Waals surface area contributed by atoms with Crippen molar-refractivity contribution in [3.63, 3.8) is 0 Å². The molecule has 0 aliphatic carbocycles. The van der Waals surface area contributed by atoms with Gasteiger partial charge in [0.15, 0.2) is 0 Å². The molecule has 1 fully saturated rings. The minimum Gasteiger partial charge on any atom is -0.550 e. The van der Waals surface area contributed by atoms with Crippen molar-refractivity contribution in [3.05, 3.63) is 0 Å². The van der Waals surface area contributed by atoms with Gasteiger partial charge in [-0.1, -0.05) is 0 Å². The zero-order valence-corrected chi connectivity index (χ0v) is 9.43. The Morgan fingerprint density at radius 2 is 2.25 bits per heavy atom. The van der Waals surface area contributed by atoms with Gasteiger partial charge < -0.3 is 20.5 Å². The molecule has 1 heterocycles. The van der Waals surface area contributed by atoms with Gasteiger partial charge in [0.05, 0.1) is 0 Å². The maximum Gasteiger partial charge on any atom is 1.00 e. The summed E-state index contributed by atoms with van der Waals surface area (Å²) < 4.78 is 0. The van der Waals surface area contributed by atoms with Gasteiger partial charge in [0.1, 0.15) is 0 Å². The molecule has 1 aliphatic heterocycles. The van der Waals surface area contributed by atoms with Crippen molar-refractivity contribution in [3.8, 4) is 0 Å². The molecule has 1 rings (SSSR count). The van der Waals surface area contributed by atoms with Gasteiger partial charge in [0, 0.05) is 31.6 Å².